The number of hydrogen-bond donors (Lipinski definition) is 1. The molecule has 1 saturated carbocycles. The highest BCUT2D eigenvalue weighted by atomic mass is 32.1. The van der Waals surface area contributed by atoms with Gasteiger partial charge in [0.15, 0.2) is 0 Å². The number of nitrogens with zero attached hydrogens (tertiary/aromatic N) is 5. The summed E-state index contributed by atoms with van der Waals surface area (Å²) in [5.41, 5.74) is 3.21. The lowest BCUT2D eigenvalue weighted by Crippen LogP contribution is -2.30. The van der Waals surface area contributed by atoms with Gasteiger partial charge in [0.1, 0.15) is 5.82 Å². The Hall–Kier alpha value is -1.96. The fraction of sp³-hybridized carbons (Fsp3) is 0.625. The normalized spacial score (nSPS) is 24.0. The van der Waals surface area contributed by atoms with Gasteiger partial charge >= 0.3 is 0 Å². The van der Waals surface area contributed by atoms with Crippen molar-refractivity contribution in [2.24, 2.45) is 7.05 Å². The molecule has 7 nitrogen and oxygen atoms in total. The minimum atomic E-state index is -0.0283. The Kier molecular flexibility index (Phi) is 3.59. The lowest BCUT2D eigenvalue weighted by molar-refractivity contribution is -0.127. The van der Waals surface area contributed by atoms with Crippen LogP contribution in [0.4, 0.5) is 5.13 Å². The fourth-order valence-electron chi connectivity index (χ4n) is 3.57. The van der Waals surface area contributed by atoms with Crippen LogP contribution < -0.4 is 5.32 Å². The van der Waals surface area contributed by atoms with Crippen LogP contribution in [-0.2, 0) is 11.8 Å². The third-order valence-electron chi connectivity index (χ3n) is 5.14. The van der Waals surface area contributed by atoms with Crippen LogP contribution in [0.5, 0.6) is 0 Å². The molecule has 1 aliphatic carbocycles. The van der Waals surface area contributed by atoms with Crippen molar-refractivity contribution in [3.8, 4) is 0 Å². The predicted octanol–water partition coefficient (Wildman–Crippen LogP) is 2.15. The molecule has 0 unspecified atom stereocenters. The number of likely N-dealkylation sites (N-methyl/N-ethyl adjacent to an activating group) is 1. The minimum Gasteiger partial charge on any atom is -0.355 e. The summed E-state index contributed by atoms with van der Waals surface area (Å²) in [6.07, 6.45) is 2.85. The van der Waals surface area contributed by atoms with Gasteiger partial charge in [-0.05, 0) is 26.7 Å². The SMILES string of the molecule is Cc1nn(C)c(C)c1[C@H]1[C@H](Nc2nc(C3CC3)ns2)CC(=O)N1C. The van der Waals surface area contributed by atoms with Crippen LogP contribution in [0.15, 0.2) is 0 Å². The topological polar surface area (TPSA) is 75.9 Å². The molecule has 2 fully saturated rings. The monoisotopic (exact) mass is 346 g/mol. The van der Waals surface area contributed by atoms with Crippen LogP contribution in [0.3, 0.4) is 0 Å². The van der Waals surface area contributed by atoms with Gasteiger partial charge in [-0.3, -0.25) is 9.48 Å². The molecule has 4 rings (SSSR count). The summed E-state index contributed by atoms with van der Waals surface area (Å²) in [4.78, 5) is 18.8. The van der Waals surface area contributed by atoms with Gasteiger partial charge in [0.2, 0.25) is 11.0 Å². The van der Waals surface area contributed by atoms with Crippen molar-refractivity contribution in [2.45, 2.75) is 51.1 Å². The van der Waals surface area contributed by atoms with Crippen LogP contribution in [0.1, 0.15) is 54.0 Å². The van der Waals surface area contributed by atoms with Crippen molar-refractivity contribution in [2.75, 3.05) is 12.4 Å². The van der Waals surface area contributed by atoms with E-state index in [1.54, 1.807) is 0 Å². The number of nitrogens with one attached hydrogen (secondary N) is 1. The van der Waals surface area contributed by atoms with E-state index in [-0.39, 0.29) is 18.0 Å². The Balaban J connectivity index is 1.63. The first kappa shape index (κ1) is 15.6. The van der Waals surface area contributed by atoms with Crippen LogP contribution >= 0.6 is 11.5 Å². The summed E-state index contributed by atoms with van der Waals surface area (Å²) in [7, 11) is 3.81. The van der Waals surface area contributed by atoms with Crippen molar-refractivity contribution in [1.82, 2.24) is 24.0 Å². The predicted molar refractivity (Wildman–Crippen MR) is 92.1 cm³/mol. The van der Waals surface area contributed by atoms with Crippen LogP contribution in [0.2, 0.25) is 0 Å². The van der Waals surface area contributed by atoms with Crippen LogP contribution in [0, 0.1) is 13.8 Å². The second kappa shape index (κ2) is 5.54. The highest BCUT2D eigenvalue weighted by Gasteiger charge is 2.41. The van der Waals surface area contributed by atoms with E-state index in [1.165, 1.54) is 24.4 Å². The number of aromatic nitrogens is 4. The zero-order valence-corrected chi connectivity index (χ0v) is 15.2. The molecule has 0 bridgehead atoms. The number of hydrogen-bond acceptors (Lipinski definition) is 6. The molecule has 128 valence electrons. The molecule has 0 spiro atoms. The number of rotatable bonds is 4. The van der Waals surface area contributed by atoms with Crippen molar-refractivity contribution in [3.63, 3.8) is 0 Å². The van der Waals surface area contributed by atoms with Gasteiger partial charge in [0.05, 0.1) is 17.8 Å². The van der Waals surface area contributed by atoms with E-state index in [0.717, 1.165) is 27.9 Å². The number of carbonyl (C=O) groups is 1. The summed E-state index contributed by atoms with van der Waals surface area (Å²) >= 11 is 1.40. The molecule has 2 atom stereocenters. The second-order valence-electron chi connectivity index (χ2n) is 6.84. The Labute approximate surface area is 145 Å². The van der Waals surface area contributed by atoms with Gasteiger partial charge in [-0.25, -0.2) is 4.98 Å². The summed E-state index contributed by atoms with van der Waals surface area (Å²) in [6.45, 7) is 4.06. The van der Waals surface area contributed by atoms with E-state index >= 15 is 0 Å². The minimum absolute atomic E-state index is 0.0101. The van der Waals surface area contributed by atoms with Gasteiger partial charge in [-0.15, -0.1) is 0 Å². The molecule has 3 heterocycles. The van der Waals surface area contributed by atoms with Crippen molar-refractivity contribution in [1.29, 1.82) is 0 Å². The summed E-state index contributed by atoms with van der Waals surface area (Å²) in [5.74, 6) is 1.64. The maximum absolute atomic E-state index is 12.3. The molecule has 2 aromatic rings. The van der Waals surface area contributed by atoms with Gasteiger partial charge in [0, 0.05) is 49.2 Å². The second-order valence-corrected chi connectivity index (χ2v) is 7.60. The summed E-state index contributed by atoms with van der Waals surface area (Å²) < 4.78 is 6.33. The highest BCUT2D eigenvalue weighted by molar-refractivity contribution is 7.09. The molecule has 8 heteroatoms. The maximum atomic E-state index is 12.3. The molecule has 0 radical (unpaired) electrons. The first-order chi connectivity index (χ1) is 11.5. The zero-order chi connectivity index (χ0) is 17.0. The number of aryl methyl sites for hydroxylation is 2. The molecular formula is C16H22N6OS. The molecular weight excluding hydrogens is 324 g/mol. The molecule has 24 heavy (non-hydrogen) atoms. The zero-order valence-electron chi connectivity index (χ0n) is 14.4. The molecule has 1 N–H and O–H groups in total. The summed E-state index contributed by atoms with van der Waals surface area (Å²) in [6, 6.07) is -0.0384. The first-order valence-electron chi connectivity index (χ1n) is 8.31. The Morgan fingerprint density at radius 3 is 2.62 bits per heavy atom. The molecule has 1 amide bonds. The smallest absolute Gasteiger partial charge is 0.225 e. The van der Waals surface area contributed by atoms with Gasteiger partial charge < -0.3 is 10.2 Å². The van der Waals surface area contributed by atoms with Crippen LogP contribution in [0.25, 0.3) is 0 Å². The quantitative estimate of drug-likeness (QED) is 0.918. The Morgan fingerprint density at radius 2 is 2.00 bits per heavy atom. The maximum Gasteiger partial charge on any atom is 0.225 e. The Bertz CT molecular complexity index is 793. The Morgan fingerprint density at radius 1 is 1.25 bits per heavy atom. The van der Waals surface area contributed by atoms with E-state index in [2.05, 4.69) is 26.7 Å². The van der Waals surface area contributed by atoms with E-state index in [0.29, 0.717) is 12.3 Å². The molecule has 1 aliphatic heterocycles. The number of amides is 1. The van der Waals surface area contributed by atoms with Crippen molar-refractivity contribution >= 4 is 22.6 Å². The lowest BCUT2D eigenvalue weighted by atomic mass is 9.98. The third kappa shape index (κ3) is 2.49. The van der Waals surface area contributed by atoms with Crippen molar-refractivity contribution < 1.29 is 4.79 Å². The van der Waals surface area contributed by atoms with Gasteiger partial charge in [0.25, 0.3) is 0 Å². The first-order valence-corrected chi connectivity index (χ1v) is 9.09. The van der Waals surface area contributed by atoms with Gasteiger partial charge in [-0.1, -0.05) is 0 Å². The highest BCUT2D eigenvalue weighted by Crippen LogP contribution is 2.40. The third-order valence-corrected chi connectivity index (χ3v) is 5.80. The van der Waals surface area contributed by atoms with E-state index in [4.69, 9.17) is 0 Å². The molecule has 2 aromatic heterocycles. The molecule has 1 saturated heterocycles. The van der Waals surface area contributed by atoms with Crippen LogP contribution in [-0.4, -0.2) is 43.0 Å². The lowest BCUT2D eigenvalue weighted by Gasteiger charge is -2.26. The fourth-order valence-corrected chi connectivity index (χ4v) is 4.28. The van der Waals surface area contributed by atoms with E-state index in [1.807, 2.05) is 30.6 Å². The van der Waals surface area contributed by atoms with E-state index in [9.17, 15) is 4.79 Å². The number of carbonyl (C=O) groups excluding carboxylic acids is 1. The average Bonchev–Trinajstić information content (AvgIpc) is 3.16. The van der Waals surface area contributed by atoms with Gasteiger partial charge in [-0.2, -0.15) is 9.47 Å². The molecule has 2 aliphatic rings. The number of anilines is 1. The van der Waals surface area contributed by atoms with Crippen molar-refractivity contribution in [3.05, 3.63) is 22.8 Å². The van der Waals surface area contributed by atoms with E-state index < -0.39 is 0 Å². The molecule has 0 aromatic carbocycles. The standard InChI is InChI=1S/C16H22N6OS/c1-8-13(9(2)22(4)19-8)14-11(7-12(23)21(14)3)17-16-18-15(20-24-16)10-5-6-10/h10-11,14H,5-7H2,1-4H3,(H,17,18,20)/t11-,14-/m1/s1. The largest absolute Gasteiger partial charge is 0.355 e. The summed E-state index contributed by atoms with van der Waals surface area (Å²) in [5, 5.41) is 8.79. The number of likely N-dealkylation sites (tertiary alicyclic amines) is 1. The average molecular weight is 346 g/mol.